The minimum absolute atomic E-state index is 0.110. The molecule has 0 saturated heterocycles. The van der Waals surface area contributed by atoms with E-state index < -0.39 is 0 Å². The Morgan fingerprint density at radius 1 is 1.35 bits per heavy atom. The highest BCUT2D eigenvalue weighted by Gasteiger charge is 2.22. The summed E-state index contributed by atoms with van der Waals surface area (Å²) in [6.07, 6.45) is 5.41. The van der Waals surface area contributed by atoms with E-state index >= 15 is 0 Å². The van der Waals surface area contributed by atoms with E-state index in [1.165, 1.54) is 25.7 Å². The van der Waals surface area contributed by atoms with E-state index in [1.54, 1.807) is 0 Å². The molecule has 114 valence electrons. The number of aromatic nitrogens is 1. The van der Waals surface area contributed by atoms with Crippen molar-refractivity contribution >= 4 is 0 Å². The van der Waals surface area contributed by atoms with Crippen molar-refractivity contribution in [2.45, 2.75) is 78.0 Å². The Morgan fingerprint density at radius 3 is 2.65 bits per heavy atom. The van der Waals surface area contributed by atoms with E-state index in [4.69, 9.17) is 4.52 Å². The molecule has 4 nitrogen and oxygen atoms in total. The summed E-state index contributed by atoms with van der Waals surface area (Å²) in [4.78, 5) is 2.52. The molecule has 0 radical (unpaired) electrons. The van der Waals surface area contributed by atoms with E-state index in [9.17, 15) is 0 Å². The fourth-order valence-corrected chi connectivity index (χ4v) is 2.84. The Morgan fingerprint density at radius 2 is 2.05 bits per heavy atom. The third kappa shape index (κ3) is 4.60. The number of hydrogen-bond acceptors (Lipinski definition) is 4. The predicted molar refractivity (Wildman–Crippen MR) is 81.4 cm³/mol. The van der Waals surface area contributed by atoms with Gasteiger partial charge in [-0.15, -0.1) is 0 Å². The van der Waals surface area contributed by atoms with Crippen molar-refractivity contribution in [2.75, 3.05) is 6.54 Å². The average Bonchev–Trinajstić information content (AvgIpc) is 3.04. The van der Waals surface area contributed by atoms with Crippen LogP contribution in [0.3, 0.4) is 0 Å². The van der Waals surface area contributed by atoms with Gasteiger partial charge in [-0.25, -0.2) is 0 Å². The molecule has 1 aromatic rings. The average molecular weight is 279 g/mol. The zero-order chi connectivity index (χ0) is 14.6. The van der Waals surface area contributed by atoms with Gasteiger partial charge in [0.2, 0.25) is 0 Å². The Hall–Kier alpha value is -0.870. The summed E-state index contributed by atoms with van der Waals surface area (Å²) >= 11 is 0. The highest BCUT2D eigenvalue weighted by molar-refractivity contribution is 5.06. The Labute approximate surface area is 122 Å². The standard InChI is InChI=1S/C16H29N3O/c1-5-19(14-8-6-7-9-14)12-15-10-13(18-20-15)11-17-16(2,3)4/h10,14,17H,5-9,11-12H2,1-4H3. The molecule has 2 rings (SSSR count). The summed E-state index contributed by atoms with van der Waals surface area (Å²) in [5.41, 5.74) is 1.11. The lowest BCUT2D eigenvalue weighted by Crippen LogP contribution is -2.35. The van der Waals surface area contributed by atoms with Crippen LogP contribution in [0.25, 0.3) is 0 Å². The molecule has 1 aliphatic rings. The fourth-order valence-electron chi connectivity index (χ4n) is 2.84. The second-order valence-electron chi connectivity index (χ2n) is 6.89. The topological polar surface area (TPSA) is 41.3 Å². The molecule has 0 unspecified atom stereocenters. The number of nitrogens with one attached hydrogen (secondary N) is 1. The largest absolute Gasteiger partial charge is 0.360 e. The molecule has 0 atom stereocenters. The molecule has 1 heterocycles. The first-order valence-electron chi connectivity index (χ1n) is 7.91. The monoisotopic (exact) mass is 279 g/mol. The van der Waals surface area contributed by atoms with Gasteiger partial charge in [-0.2, -0.15) is 0 Å². The van der Waals surface area contributed by atoms with Crippen LogP contribution in [0.2, 0.25) is 0 Å². The Bertz CT molecular complexity index is 402. The van der Waals surface area contributed by atoms with Crippen molar-refractivity contribution in [2.24, 2.45) is 0 Å². The van der Waals surface area contributed by atoms with Gasteiger partial charge in [-0.3, -0.25) is 4.90 Å². The van der Waals surface area contributed by atoms with Crippen molar-refractivity contribution in [3.63, 3.8) is 0 Å². The maximum absolute atomic E-state index is 5.49. The van der Waals surface area contributed by atoms with Crippen LogP contribution in [0, 0.1) is 0 Å². The zero-order valence-corrected chi connectivity index (χ0v) is 13.4. The van der Waals surface area contributed by atoms with Crippen LogP contribution >= 0.6 is 0 Å². The van der Waals surface area contributed by atoms with E-state index in [2.05, 4.69) is 49.1 Å². The first kappa shape index (κ1) is 15.5. The summed E-state index contributed by atoms with van der Waals surface area (Å²) in [5, 5.41) is 7.61. The highest BCUT2D eigenvalue weighted by atomic mass is 16.5. The first-order chi connectivity index (χ1) is 9.48. The summed E-state index contributed by atoms with van der Waals surface area (Å²) in [7, 11) is 0. The number of nitrogens with zero attached hydrogens (tertiary/aromatic N) is 2. The smallest absolute Gasteiger partial charge is 0.151 e. The van der Waals surface area contributed by atoms with Gasteiger partial charge in [-0.05, 0) is 40.2 Å². The summed E-state index contributed by atoms with van der Waals surface area (Å²) < 4.78 is 5.49. The van der Waals surface area contributed by atoms with Gasteiger partial charge in [-0.1, -0.05) is 24.9 Å². The summed E-state index contributed by atoms with van der Waals surface area (Å²) in [5.74, 6) is 0.990. The third-order valence-electron chi connectivity index (χ3n) is 4.01. The van der Waals surface area contributed by atoms with E-state index in [0.717, 1.165) is 37.1 Å². The molecule has 1 fully saturated rings. The van der Waals surface area contributed by atoms with Crippen LogP contribution in [-0.2, 0) is 13.1 Å². The van der Waals surface area contributed by atoms with Gasteiger partial charge in [0.25, 0.3) is 0 Å². The quantitative estimate of drug-likeness (QED) is 0.867. The molecule has 1 aliphatic carbocycles. The lowest BCUT2D eigenvalue weighted by atomic mass is 10.1. The molecule has 1 aromatic heterocycles. The highest BCUT2D eigenvalue weighted by Crippen LogP contribution is 2.24. The first-order valence-corrected chi connectivity index (χ1v) is 7.91. The minimum Gasteiger partial charge on any atom is -0.360 e. The van der Waals surface area contributed by atoms with Crippen molar-refractivity contribution in [3.8, 4) is 0 Å². The molecular formula is C16H29N3O. The second kappa shape index (κ2) is 6.72. The van der Waals surface area contributed by atoms with Gasteiger partial charge in [0.05, 0.1) is 12.2 Å². The SMILES string of the molecule is CCN(Cc1cc(CNC(C)(C)C)no1)C1CCCC1. The van der Waals surface area contributed by atoms with Gasteiger partial charge in [0, 0.05) is 24.2 Å². The molecule has 1 N–H and O–H groups in total. The van der Waals surface area contributed by atoms with Crippen molar-refractivity contribution in [1.29, 1.82) is 0 Å². The molecule has 0 spiro atoms. The maximum Gasteiger partial charge on any atom is 0.151 e. The molecule has 0 aromatic carbocycles. The van der Waals surface area contributed by atoms with Crippen LogP contribution in [0.5, 0.6) is 0 Å². The van der Waals surface area contributed by atoms with E-state index in [0.29, 0.717) is 0 Å². The normalized spacial score (nSPS) is 17.2. The fraction of sp³-hybridized carbons (Fsp3) is 0.812. The van der Waals surface area contributed by atoms with Gasteiger partial charge < -0.3 is 9.84 Å². The lowest BCUT2D eigenvalue weighted by molar-refractivity contribution is 0.178. The Balaban J connectivity index is 1.87. The summed E-state index contributed by atoms with van der Waals surface area (Å²) in [6, 6.07) is 2.83. The third-order valence-corrected chi connectivity index (χ3v) is 4.01. The van der Waals surface area contributed by atoms with Crippen LogP contribution in [0.4, 0.5) is 0 Å². The van der Waals surface area contributed by atoms with E-state index in [1.807, 2.05) is 0 Å². The zero-order valence-electron chi connectivity index (χ0n) is 13.4. The minimum atomic E-state index is 0.110. The van der Waals surface area contributed by atoms with Crippen molar-refractivity contribution < 1.29 is 4.52 Å². The van der Waals surface area contributed by atoms with Gasteiger partial charge in [0.1, 0.15) is 0 Å². The number of hydrogen-bond donors (Lipinski definition) is 1. The molecule has 0 aliphatic heterocycles. The van der Waals surface area contributed by atoms with Gasteiger partial charge in [0.15, 0.2) is 5.76 Å². The van der Waals surface area contributed by atoms with E-state index in [-0.39, 0.29) is 5.54 Å². The predicted octanol–water partition coefficient (Wildman–Crippen LogP) is 3.33. The van der Waals surface area contributed by atoms with Crippen molar-refractivity contribution in [3.05, 3.63) is 17.5 Å². The molecular weight excluding hydrogens is 250 g/mol. The molecule has 0 bridgehead atoms. The van der Waals surface area contributed by atoms with Crippen LogP contribution in [0.15, 0.2) is 10.6 Å². The van der Waals surface area contributed by atoms with Crippen molar-refractivity contribution in [1.82, 2.24) is 15.4 Å². The van der Waals surface area contributed by atoms with Crippen LogP contribution < -0.4 is 5.32 Å². The lowest BCUT2D eigenvalue weighted by Gasteiger charge is -2.25. The molecule has 0 amide bonds. The van der Waals surface area contributed by atoms with Crippen LogP contribution in [0.1, 0.15) is 64.8 Å². The Kier molecular flexibility index (Phi) is 5.22. The molecule has 1 saturated carbocycles. The molecule has 20 heavy (non-hydrogen) atoms. The molecule has 4 heteroatoms. The summed E-state index contributed by atoms with van der Waals surface area (Å²) in [6.45, 7) is 11.5. The second-order valence-corrected chi connectivity index (χ2v) is 6.89. The van der Waals surface area contributed by atoms with Gasteiger partial charge >= 0.3 is 0 Å². The van der Waals surface area contributed by atoms with Crippen LogP contribution in [-0.4, -0.2) is 28.2 Å². The maximum atomic E-state index is 5.49. The number of rotatable bonds is 6.